The van der Waals surface area contributed by atoms with E-state index in [9.17, 15) is 4.79 Å². The predicted molar refractivity (Wildman–Crippen MR) is 113 cm³/mol. The smallest absolute Gasteiger partial charge is 0.341 e. The molecule has 3 rings (SSSR count). The molecule has 1 aromatic heterocycles. The Morgan fingerprint density at radius 2 is 1.96 bits per heavy atom. The van der Waals surface area contributed by atoms with Gasteiger partial charge in [0.2, 0.25) is 0 Å². The number of methoxy groups -OCH3 is 2. The third-order valence-corrected chi connectivity index (χ3v) is 6.12. The van der Waals surface area contributed by atoms with Gasteiger partial charge in [-0.1, -0.05) is 24.6 Å². The Kier molecular flexibility index (Phi) is 6.68. The van der Waals surface area contributed by atoms with Crippen LogP contribution in [-0.4, -0.2) is 25.3 Å². The van der Waals surface area contributed by atoms with Gasteiger partial charge in [0.1, 0.15) is 10.8 Å². The van der Waals surface area contributed by atoms with Crippen LogP contribution in [0.25, 0.3) is 0 Å². The Hall–Kier alpha value is -2.12. The summed E-state index contributed by atoms with van der Waals surface area (Å²) in [5, 5.41) is 7.65. The van der Waals surface area contributed by atoms with E-state index in [2.05, 4.69) is 10.6 Å². The third-order valence-electron chi connectivity index (χ3n) is 4.67. The highest BCUT2D eigenvalue weighted by atomic mass is 32.1. The Morgan fingerprint density at radius 1 is 1.19 bits per heavy atom. The summed E-state index contributed by atoms with van der Waals surface area (Å²) in [4.78, 5) is 13.7. The molecule has 0 saturated heterocycles. The molecule has 0 atom stereocenters. The van der Waals surface area contributed by atoms with Crippen molar-refractivity contribution in [2.75, 3.05) is 19.5 Å². The molecular formula is C20H24N2O3S2. The molecule has 1 heterocycles. The SMILES string of the molecule is COC(=O)c1c(NC(=S)NCc2ccccc2OC)sc2c1CCCCC2. The van der Waals surface area contributed by atoms with Crippen LogP contribution in [0.1, 0.15) is 45.6 Å². The molecule has 0 radical (unpaired) electrons. The lowest BCUT2D eigenvalue weighted by Gasteiger charge is -2.13. The van der Waals surface area contributed by atoms with Gasteiger partial charge in [0, 0.05) is 17.0 Å². The van der Waals surface area contributed by atoms with Gasteiger partial charge < -0.3 is 20.1 Å². The standard InChI is InChI=1S/C20H24N2O3S2/c1-24-15-10-7-6-8-13(15)12-21-20(26)22-18-17(19(23)25-2)14-9-4-3-5-11-16(14)27-18/h6-8,10H,3-5,9,11-12H2,1-2H3,(H2,21,22,26). The van der Waals surface area contributed by atoms with Gasteiger partial charge in [0.25, 0.3) is 0 Å². The number of thiocarbonyl (C=S) groups is 1. The first-order chi connectivity index (χ1) is 13.1. The average Bonchev–Trinajstić information content (AvgIpc) is 2.86. The Labute approximate surface area is 169 Å². The quantitative estimate of drug-likeness (QED) is 0.440. The number of thiophene rings is 1. The molecular weight excluding hydrogens is 380 g/mol. The van der Waals surface area contributed by atoms with Crippen LogP contribution in [0.4, 0.5) is 5.00 Å². The van der Waals surface area contributed by atoms with Crippen LogP contribution in [0.5, 0.6) is 5.75 Å². The molecule has 1 aromatic carbocycles. The molecule has 0 amide bonds. The van der Waals surface area contributed by atoms with E-state index in [0.29, 0.717) is 17.2 Å². The first-order valence-corrected chi connectivity index (χ1v) is 10.3. The fourth-order valence-corrected chi connectivity index (χ4v) is 4.84. The lowest BCUT2D eigenvalue weighted by Crippen LogP contribution is -2.28. The first-order valence-electron chi connectivity index (χ1n) is 9.03. The topological polar surface area (TPSA) is 59.6 Å². The van der Waals surface area contributed by atoms with Crippen molar-refractivity contribution in [3.05, 3.63) is 45.8 Å². The van der Waals surface area contributed by atoms with Crippen molar-refractivity contribution in [3.63, 3.8) is 0 Å². The highest BCUT2D eigenvalue weighted by molar-refractivity contribution is 7.80. The minimum Gasteiger partial charge on any atom is -0.496 e. The number of hydrogen-bond donors (Lipinski definition) is 2. The Morgan fingerprint density at radius 3 is 2.74 bits per heavy atom. The minimum absolute atomic E-state index is 0.301. The summed E-state index contributed by atoms with van der Waals surface area (Å²) < 4.78 is 10.4. The lowest BCUT2D eigenvalue weighted by molar-refractivity contribution is 0.0601. The van der Waals surface area contributed by atoms with Crippen LogP contribution >= 0.6 is 23.6 Å². The van der Waals surface area contributed by atoms with Gasteiger partial charge in [-0.2, -0.15) is 0 Å². The maximum Gasteiger partial charge on any atom is 0.341 e. The second-order valence-corrected chi connectivity index (χ2v) is 7.89. The fraction of sp³-hybridized carbons (Fsp3) is 0.400. The molecule has 2 aromatic rings. The predicted octanol–water partition coefficient (Wildman–Crippen LogP) is 4.30. The highest BCUT2D eigenvalue weighted by Gasteiger charge is 2.25. The van der Waals surface area contributed by atoms with Crippen LogP contribution in [0.3, 0.4) is 0 Å². The molecule has 144 valence electrons. The minimum atomic E-state index is -0.301. The largest absolute Gasteiger partial charge is 0.496 e. The Bertz CT molecular complexity index is 833. The number of anilines is 1. The average molecular weight is 405 g/mol. The molecule has 7 heteroatoms. The van der Waals surface area contributed by atoms with E-state index in [1.165, 1.54) is 18.4 Å². The number of aryl methyl sites for hydroxylation is 1. The number of carbonyl (C=O) groups excluding carboxylic acids is 1. The number of rotatable bonds is 5. The van der Waals surface area contributed by atoms with E-state index in [1.54, 1.807) is 18.4 Å². The van der Waals surface area contributed by atoms with Crippen molar-refractivity contribution in [3.8, 4) is 5.75 Å². The summed E-state index contributed by atoms with van der Waals surface area (Å²) in [7, 11) is 3.07. The second-order valence-electron chi connectivity index (χ2n) is 6.38. The van der Waals surface area contributed by atoms with E-state index in [-0.39, 0.29) is 5.97 Å². The highest BCUT2D eigenvalue weighted by Crippen LogP contribution is 2.37. The Balaban J connectivity index is 1.74. The lowest BCUT2D eigenvalue weighted by atomic mass is 10.1. The molecule has 2 N–H and O–H groups in total. The summed E-state index contributed by atoms with van der Waals surface area (Å²) in [5.74, 6) is 0.510. The van der Waals surface area contributed by atoms with Crippen LogP contribution < -0.4 is 15.4 Å². The van der Waals surface area contributed by atoms with Gasteiger partial charge in [-0.25, -0.2) is 4.79 Å². The number of hydrogen-bond acceptors (Lipinski definition) is 5. The number of esters is 1. The van der Waals surface area contributed by atoms with Gasteiger partial charge in [0.15, 0.2) is 5.11 Å². The number of nitrogens with one attached hydrogen (secondary N) is 2. The molecule has 5 nitrogen and oxygen atoms in total. The number of benzene rings is 1. The second kappa shape index (κ2) is 9.19. The molecule has 0 unspecified atom stereocenters. The van der Waals surface area contributed by atoms with Crippen molar-refractivity contribution >= 4 is 39.6 Å². The zero-order chi connectivity index (χ0) is 19.2. The summed E-state index contributed by atoms with van der Waals surface area (Å²) in [6.07, 6.45) is 5.38. The van der Waals surface area contributed by atoms with E-state index < -0.39 is 0 Å². The van der Waals surface area contributed by atoms with Crippen molar-refractivity contribution < 1.29 is 14.3 Å². The van der Waals surface area contributed by atoms with Crippen molar-refractivity contribution in [2.45, 2.75) is 38.6 Å². The van der Waals surface area contributed by atoms with E-state index in [1.807, 2.05) is 24.3 Å². The summed E-state index contributed by atoms with van der Waals surface area (Å²) >= 11 is 7.07. The van der Waals surface area contributed by atoms with Gasteiger partial charge in [-0.05, 0) is 49.5 Å². The molecule has 1 aliphatic carbocycles. The zero-order valence-electron chi connectivity index (χ0n) is 15.6. The summed E-state index contributed by atoms with van der Waals surface area (Å²) in [5.41, 5.74) is 2.78. The normalized spacial score (nSPS) is 13.3. The monoisotopic (exact) mass is 404 g/mol. The zero-order valence-corrected chi connectivity index (χ0v) is 17.2. The fourth-order valence-electron chi connectivity index (χ4n) is 3.32. The molecule has 0 bridgehead atoms. The number of carbonyl (C=O) groups is 1. The van der Waals surface area contributed by atoms with Crippen molar-refractivity contribution in [2.24, 2.45) is 0 Å². The number of fused-ring (bicyclic) bond motifs is 1. The van der Waals surface area contributed by atoms with Crippen LogP contribution in [0.15, 0.2) is 24.3 Å². The van der Waals surface area contributed by atoms with E-state index in [4.69, 9.17) is 21.7 Å². The number of ether oxygens (including phenoxy) is 2. The maximum absolute atomic E-state index is 12.4. The van der Waals surface area contributed by atoms with Crippen molar-refractivity contribution in [1.82, 2.24) is 5.32 Å². The molecule has 1 aliphatic rings. The summed E-state index contributed by atoms with van der Waals surface area (Å²) in [6, 6.07) is 7.79. The molecule has 0 aliphatic heterocycles. The van der Waals surface area contributed by atoms with Gasteiger partial charge in [-0.3, -0.25) is 0 Å². The molecule has 0 saturated carbocycles. The molecule has 0 fully saturated rings. The van der Waals surface area contributed by atoms with E-state index >= 15 is 0 Å². The van der Waals surface area contributed by atoms with Crippen LogP contribution in [0.2, 0.25) is 0 Å². The van der Waals surface area contributed by atoms with E-state index in [0.717, 1.165) is 47.6 Å². The summed E-state index contributed by atoms with van der Waals surface area (Å²) in [6.45, 7) is 0.536. The van der Waals surface area contributed by atoms with Crippen molar-refractivity contribution in [1.29, 1.82) is 0 Å². The van der Waals surface area contributed by atoms with Crippen LogP contribution in [-0.2, 0) is 24.1 Å². The van der Waals surface area contributed by atoms with Gasteiger partial charge >= 0.3 is 5.97 Å². The first kappa shape index (κ1) is 19.6. The third kappa shape index (κ3) is 4.59. The molecule has 0 spiro atoms. The number of para-hydroxylation sites is 1. The van der Waals surface area contributed by atoms with Gasteiger partial charge in [0.05, 0.1) is 19.8 Å². The van der Waals surface area contributed by atoms with Crippen LogP contribution in [0, 0.1) is 0 Å². The molecule has 27 heavy (non-hydrogen) atoms. The maximum atomic E-state index is 12.4. The van der Waals surface area contributed by atoms with Gasteiger partial charge in [-0.15, -0.1) is 11.3 Å².